The van der Waals surface area contributed by atoms with Crippen LogP contribution in [0.3, 0.4) is 0 Å². The zero-order valence-corrected chi connectivity index (χ0v) is 24.7. The molecule has 1 aliphatic carbocycles. The molecule has 6 rings (SSSR count). The van der Waals surface area contributed by atoms with Crippen LogP contribution >= 0.6 is 0 Å². The standard InChI is InChI=1S/C35H38N4O4/c1-41-32-19-25(35(40)39-22-23-12-15-37-16-13-23)8-10-29(32)33-20-30-34(43-33)28(14-17-38-30)24-9-11-31(26(18-24)21-36)42-27-6-4-2-3-5-7-27/h8-11,14,17-20,23,27,37H,2-7,12-13,15-16,22H2,1H3,(H,39,40). The largest absolute Gasteiger partial charge is 0.496 e. The van der Waals surface area contributed by atoms with Crippen LogP contribution in [0.25, 0.3) is 33.6 Å². The summed E-state index contributed by atoms with van der Waals surface area (Å²) in [4.78, 5) is 17.4. The molecule has 0 bridgehead atoms. The Bertz CT molecular complexity index is 1620. The first-order valence-corrected chi connectivity index (χ1v) is 15.4. The van der Waals surface area contributed by atoms with Gasteiger partial charge in [0.2, 0.25) is 0 Å². The zero-order valence-electron chi connectivity index (χ0n) is 24.7. The molecule has 4 aromatic rings. The molecule has 222 valence electrons. The number of nitrogens with one attached hydrogen (secondary N) is 2. The third kappa shape index (κ3) is 6.52. The minimum absolute atomic E-state index is 0.114. The maximum atomic E-state index is 12.9. The molecule has 1 amide bonds. The van der Waals surface area contributed by atoms with E-state index in [9.17, 15) is 10.1 Å². The van der Waals surface area contributed by atoms with Crippen LogP contribution in [0.5, 0.6) is 11.5 Å². The molecule has 0 atom stereocenters. The maximum Gasteiger partial charge on any atom is 0.251 e. The smallest absolute Gasteiger partial charge is 0.251 e. The summed E-state index contributed by atoms with van der Waals surface area (Å²) < 4.78 is 18.4. The second kappa shape index (κ2) is 13.3. The van der Waals surface area contributed by atoms with Crippen LogP contribution in [0.15, 0.2) is 59.1 Å². The number of hydrogen-bond donors (Lipinski definition) is 2. The molecule has 2 aromatic carbocycles. The van der Waals surface area contributed by atoms with Crippen molar-refractivity contribution in [1.82, 2.24) is 15.6 Å². The number of furan rings is 1. The van der Waals surface area contributed by atoms with E-state index in [1.807, 2.05) is 36.4 Å². The molecule has 8 heteroatoms. The number of fused-ring (bicyclic) bond motifs is 1. The average molecular weight is 579 g/mol. The van der Waals surface area contributed by atoms with Crippen LogP contribution in [0.2, 0.25) is 0 Å². The molecule has 1 aliphatic heterocycles. The predicted molar refractivity (Wildman–Crippen MR) is 166 cm³/mol. The van der Waals surface area contributed by atoms with Crippen molar-refractivity contribution in [3.8, 4) is 40.0 Å². The summed E-state index contributed by atoms with van der Waals surface area (Å²) in [6.07, 6.45) is 10.9. The van der Waals surface area contributed by atoms with E-state index in [0.29, 0.717) is 51.9 Å². The van der Waals surface area contributed by atoms with E-state index in [-0.39, 0.29) is 12.0 Å². The van der Waals surface area contributed by atoms with Crippen LogP contribution in [0, 0.1) is 17.2 Å². The molecule has 8 nitrogen and oxygen atoms in total. The molecule has 2 aromatic heterocycles. The van der Waals surface area contributed by atoms with Gasteiger partial charge >= 0.3 is 0 Å². The van der Waals surface area contributed by atoms with Crippen LogP contribution in [0.4, 0.5) is 0 Å². The van der Waals surface area contributed by atoms with Gasteiger partial charge in [-0.2, -0.15) is 5.26 Å². The summed E-state index contributed by atoms with van der Waals surface area (Å²) in [5.74, 6) is 2.15. The van der Waals surface area contributed by atoms with Gasteiger partial charge in [-0.1, -0.05) is 18.9 Å². The summed E-state index contributed by atoms with van der Waals surface area (Å²) in [6, 6.07) is 17.2. The van der Waals surface area contributed by atoms with Gasteiger partial charge in [-0.15, -0.1) is 0 Å². The number of nitrogens with zero attached hydrogens (tertiary/aromatic N) is 2. The van der Waals surface area contributed by atoms with Crippen molar-refractivity contribution in [3.05, 3.63) is 65.9 Å². The van der Waals surface area contributed by atoms with Crippen molar-refractivity contribution in [2.24, 2.45) is 5.92 Å². The lowest BCUT2D eigenvalue weighted by Gasteiger charge is -2.22. The molecule has 3 heterocycles. The Labute approximate surface area is 252 Å². The quantitative estimate of drug-likeness (QED) is 0.220. The van der Waals surface area contributed by atoms with Gasteiger partial charge in [0.1, 0.15) is 28.8 Å². The van der Waals surface area contributed by atoms with Crippen molar-refractivity contribution in [3.63, 3.8) is 0 Å². The third-order valence-corrected chi connectivity index (χ3v) is 8.66. The number of piperidine rings is 1. The minimum Gasteiger partial charge on any atom is -0.496 e. The number of hydrogen-bond acceptors (Lipinski definition) is 7. The summed E-state index contributed by atoms with van der Waals surface area (Å²) in [5, 5.41) is 16.4. The number of benzene rings is 2. The topological polar surface area (TPSA) is 109 Å². The first-order valence-electron chi connectivity index (χ1n) is 15.4. The van der Waals surface area contributed by atoms with E-state index in [4.69, 9.17) is 13.9 Å². The van der Waals surface area contributed by atoms with Crippen molar-refractivity contribution in [2.45, 2.75) is 57.5 Å². The van der Waals surface area contributed by atoms with Crippen molar-refractivity contribution >= 4 is 17.0 Å². The molecule has 0 radical (unpaired) electrons. The molecule has 1 saturated heterocycles. The summed E-state index contributed by atoms with van der Waals surface area (Å²) in [5.41, 5.74) is 4.77. The number of amides is 1. The lowest BCUT2D eigenvalue weighted by Crippen LogP contribution is -2.35. The fourth-order valence-corrected chi connectivity index (χ4v) is 6.19. The Morgan fingerprint density at radius 1 is 1.00 bits per heavy atom. The Morgan fingerprint density at radius 2 is 1.81 bits per heavy atom. The first kappa shape index (κ1) is 28.8. The number of aromatic nitrogens is 1. The van der Waals surface area contributed by atoms with Crippen molar-refractivity contribution < 1.29 is 18.7 Å². The summed E-state index contributed by atoms with van der Waals surface area (Å²) in [7, 11) is 1.59. The monoisotopic (exact) mass is 578 g/mol. The number of rotatable bonds is 8. The Kier molecular flexibility index (Phi) is 8.90. The second-order valence-corrected chi connectivity index (χ2v) is 11.6. The molecule has 2 N–H and O–H groups in total. The Morgan fingerprint density at radius 3 is 2.58 bits per heavy atom. The van der Waals surface area contributed by atoms with E-state index < -0.39 is 0 Å². The zero-order chi connectivity index (χ0) is 29.6. The lowest BCUT2D eigenvalue weighted by atomic mass is 9.98. The Hall–Kier alpha value is -4.35. The lowest BCUT2D eigenvalue weighted by molar-refractivity contribution is 0.0944. The van der Waals surface area contributed by atoms with E-state index in [0.717, 1.165) is 55.5 Å². The highest BCUT2D eigenvalue weighted by Crippen LogP contribution is 2.38. The third-order valence-electron chi connectivity index (χ3n) is 8.66. The highest BCUT2D eigenvalue weighted by molar-refractivity contribution is 5.96. The highest BCUT2D eigenvalue weighted by atomic mass is 16.5. The number of pyridine rings is 1. The number of carbonyl (C=O) groups is 1. The normalized spacial score (nSPS) is 16.4. The second-order valence-electron chi connectivity index (χ2n) is 11.6. The van der Waals surface area contributed by atoms with Gasteiger partial charge in [0.15, 0.2) is 5.58 Å². The maximum absolute atomic E-state index is 12.9. The number of ether oxygens (including phenoxy) is 2. The molecular formula is C35H38N4O4. The predicted octanol–water partition coefficient (Wildman–Crippen LogP) is 6.87. The van der Waals surface area contributed by atoms with Gasteiger partial charge in [0.25, 0.3) is 5.91 Å². The van der Waals surface area contributed by atoms with E-state index in [1.165, 1.54) is 25.7 Å². The van der Waals surface area contributed by atoms with Gasteiger partial charge < -0.3 is 24.5 Å². The molecular weight excluding hydrogens is 540 g/mol. The van der Waals surface area contributed by atoms with Crippen LogP contribution in [-0.4, -0.2) is 43.7 Å². The number of carbonyl (C=O) groups excluding carboxylic acids is 1. The summed E-state index contributed by atoms with van der Waals surface area (Å²) in [6.45, 7) is 2.66. The van der Waals surface area contributed by atoms with E-state index >= 15 is 0 Å². The van der Waals surface area contributed by atoms with Crippen molar-refractivity contribution in [2.75, 3.05) is 26.7 Å². The van der Waals surface area contributed by atoms with E-state index in [2.05, 4.69) is 21.7 Å². The average Bonchev–Trinajstić information content (AvgIpc) is 3.33. The molecule has 2 aliphatic rings. The molecule has 43 heavy (non-hydrogen) atoms. The molecule has 0 spiro atoms. The summed E-state index contributed by atoms with van der Waals surface area (Å²) >= 11 is 0. The van der Waals surface area contributed by atoms with Gasteiger partial charge in [-0.3, -0.25) is 9.78 Å². The molecule has 1 saturated carbocycles. The molecule has 0 unspecified atom stereocenters. The van der Waals surface area contributed by atoms with Gasteiger partial charge in [-0.05, 0) is 99.5 Å². The van der Waals surface area contributed by atoms with Crippen molar-refractivity contribution in [1.29, 1.82) is 5.26 Å². The number of methoxy groups -OCH3 is 1. The number of nitriles is 1. The van der Waals surface area contributed by atoms with Crippen LogP contribution in [-0.2, 0) is 0 Å². The SMILES string of the molecule is COc1cc(C(=O)NCC2CCNCC2)ccc1-c1cc2nccc(-c3ccc(OC4CCCCCC4)c(C#N)c3)c2o1. The van der Waals surface area contributed by atoms with Crippen LogP contribution in [0.1, 0.15) is 67.3 Å². The van der Waals surface area contributed by atoms with Crippen LogP contribution < -0.4 is 20.1 Å². The highest BCUT2D eigenvalue weighted by Gasteiger charge is 2.20. The van der Waals surface area contributed by atoms with E-state index in [1.54, 1.807) is 25.4 Å². The first-order chi connectivity index (χ1) is 21.1. The molecule has 2 fully saturated rings. The van der Waals surface area contributed by atoms with Gasteiger partial charge in [-0.25, -0.2) is 0 Å². The van der Waals surface area contributed by atoms with Gasteiger partial charge in [0.05, 0.1) is 24.3 Å². The Balaban J connectivity index is 1.24. The fourth-order valence-electron chi connectivity index (χ4n) is 6.19. The van der Waals surface area contributed by atoms with Gasteiger partial charge in [0, 0.05) is 29.9 Å². The fraction of sp³-hybridized carbons (Fsp3) is 0.400. The minimum atomic E-state index is -0.114.